The molecule has 2 amide bonds. The van der Waals surface area contributed by atoms with Crippen LogP contribution in [0.1, 0.15) is 28.4 Å². The molecule has 0 radical (unpaired) electrons. The standard InChI is InChI=1S/C26H32F3N3O7S/c1-4-31(17-24(33)30-22-15-19(26(27,28)29)6-8-23(22)39-14-13-37-3)25(34)21-16-20(7-5-18(21)2)40(35,36)32-9-11-38-12-10-32/h5-8,15-16H,4,9-14,17H2,1-3H3,(H,30,33). The Bertz CT molecular complexity index is 1310. The summed E-state index contributed by atoms with van der Waals surface area (Å²) in [6, 6.07) is 6.89. The lowest BCUT2D eigenvalue weighted by molar-refractivity contribution is -0.137. The number of morpholine rings is 1. The summed E-state index contributed by atoms with van der Waals surface area (Å²) < 4.78 is 82.9. The van der Waals surface area contributed by atoms with Crippen molar-refractivity contribution in [2.45, 2.75) is 24.9 Å². The molecule has 0 spiro atoms. The molecular formula is C26H32F3N3O7S. The molecule has 10 nitrogen and oxygen atoms in total. The van der Waals surface area contributed by atoms with E-state index in [4.69, 9.17) is 14.2 Å². The highest BCUT2D eigenvalue weighted by molar-refractivity contribution is 7.89. The lowest BCUT2D eigenvalue weighted by atomic mass is 10.1. The molecule has 0 bridgehead atoms. The van der Waals surface area contributed by atoms with Gasteiger partial charge in [-0.15, -0.1) is 0 Å². The minimum Gasteiger partial charge on any atom is -0.489 e. The maximum atomic E-state index is 13.4. The zero-order chi connectivity index (χ0) is 29.5. The maximum Gasteiger partial charge on any atom is 0.416 e. The Morgan fingerprint density at radius 3 is 2.42 bits per heavy atom. The Kier molecular flexibility index (Phi) is 10.5. The highest BCUT2D eigenvalue weighted by Gasteiger charge is 2.32. The number of aryl methyl sites for hydroxylation is 1. The maximum absolute atomic E-state index is 13.4. The predicted molar refractivity (Wildman–Crippen MR) is 140 cm³/mol. The number of halogens is 3. The van der Waals surface area contributed by atoms with Crippen LogP contribution in [0.4, 0.5) is 18.9 Å². The normalized spacial score (nSPS) is 14.6. The van der Waals surface area contributed by atoms with E-state index in [-0.39, 0.29) is 68.0 Å². The largest absolute Gasteiger partial charge is 0.489 e. The molecule has 3 rings (SSSR count). The van der Waals surface area contributed by atoms with E-state index in [2.05, 4.69) is 5.32 Å². The summed E-state index contributed by atoms with van der Waals surface area (Å²) >= 11 is 0. The van der Waals surface area contributed by atoms with Crippen LogP contribution >= 0.6 is 0 Å². The van der Waals surface area contributed by atoms with Gasteiger partial charge in [0, 0.05) is 32.3 Å². The zero-order valence-electron chi connectivity index (χ0n) is 22.4. The summed E-state index contributed by atoms with van der Waals surface area (Å²) in [4.78, 5) is 27.4. The van der Waals surface area contributed by atoms with Crippen molar-refractivity contribution in [3.63, 3.8) is 0 Å². The molecule has 0 saturated carbocycles. The van der Waals surface area contributed by atoms with Gasteiger partial charge in [-0.2, -0.15) is 17.5 Å². The van der Waals surface area contributed by atoms with Crippen molar-refractivity contribution in [1.82, 2.24) is 9.21 Å². The molecule has 14 heteroatoms. The zero-order valence-corrected chi connectivity index (χ0v) is 23.2. The monoisotopic (exact) mass is 587 g/mol. The average Bonchev–Trinajstić information content (AvgIpc) is 2.92. The number of rotatable bonds is 11. The van der Waals surface area contributed by atoms with E-state index in [1.807, 2.05) is 0 Å². The number of benzene rings is 2. The van der Waals surface area contributed by atoms with E-state index in [1.165, 1.54) is 34.5 Å². The summed E-state index contributed by atoms with van der Waals surface area (Å²) in [6.45, 7) is 3.95. The summed E-state index contributed by atoms with van der Waals surface area (Å²) in [6.07, 6.45) is -4.65. The lowest BCUT2D eigenvalue weighted by Gasteiger charge is -2.26. The van der Waals surface area contributed by atoms with Gasteiger partial charge >= 0.3 is 6.18 Å². The molecule has 0 aromatic heterocycles. The van der Waals surface area contributed by atoms with E-state index in [0.29, 0.717) is 5.56 Å². The number of hydrogen-bond acceptors (Lipinski definition) is 7. The van der Waals surface area contributed by atoms with Crippen LogP contribution in [0.2, 0.25) is 0 Å². The number of methoxy groups -OCH3 is 1. The third kappa shape index (κ3) is 7.71. The van der Waals surface area contributed by atoms with E-state index in [9.17, 15) is 31.2 Å². The van der Waals surface area contributed by atoms with Crippen molar-refractivity contribution in [2.75, 3.05) is 65.0 Å². The number of sulfonamides is 1. The quantitative estimate of drug-likeness (QED) is 0.402. The Hall–Kier alpha value is -3.20. The Morgan fingerprint density at radius 1 is 1.10 bits per heavy atom. The van der Waals surface area contributed by atoms with Gasteiger partial charge in [-0.25, -0.2) is 8.42 Å². The first-order valence-corrected chi connectivity index (χ1v) is 13.9. The van der Waals surface area contributed by atoms with Gasteiger partial charge in [0.2, 0.25) is 15.9 Å². The van der Waals surface area contributed by atoms with Gasteiger partial charge in [0.1, 0.15) is 18.9 Å². The van der Waals surface area contributed by atoms with Crippen LogP contribution in [0.5, 0.6) is 5.75 Å². The van der Waals surface area contributed by atoms with Gasteiger partial charge in [-0.3, -0.25) is 9.59 Å². The Labute approximate surface area is 231 Å². The fraction of sp³-hybridized carbons (Fsp3) is 0.462. The number of nitrogens with one attached hydrogen (secondary N) is 1. The van der Waals surface area contributed by atoms with Gasteiger partial charge in [-0.05, 0) is 49.7 Å². The van der Waals surface area contributed by atoms with Gasteiger partial charge in [0.05, 0.1) is 36.0 Å². The van der Waals surface area contributed by atoms with Crippen molar-refractivity contribution in [2.24, 2.45) is 0 Å². The molecule has 0 unspecified atom stereocenters. The number of carbonyl (C=O) groups is 2. The van der Waals surface area contributed by atoms with Crippen molar-refractivity contribution >= 4 is 27.5 Å². The minimum absolute atomic E-state index is 0.00430. The van der Waals surface area contributed by atoms with Crippen LogP contribution in [-0.4, -0.2) is 89.2 Å². The number of alkyl halides is 3. The molecule has 40 heavy (non-hydrogen) atoms. The van der Waals surface area contributed by atoms with Crippen molar-refractivity contribution in [3.05, 3.63) is 53.1 Å². The molecule has 0 aliphatic carbocycles. The first-order chi connectivity index (χ1) is 18.9. The summed E-state index contributed by atoms with van der Waals surface area (Å²) in [5.41, 5.74) is -0.614. The molecule has 2 aromatic carbocycles. The van der Waals surface area contributed by atoms with E-state index in [0.717, 1.165) is 18.2 Å². The molecule has 1 saturated heterocycles. The second-order valence-corrected chi connectivity index (χ2v) is 10.8. The first-order valence-electron chi connectivity index (χ1n) is 12.5. The highest BCUT2D eigenvalue weighted by Crippen LogP contribution is 2.35. The third-order valence-electron chi connectivity index (χ3n) is 6.18. The van der Waals surface area contributed by atoms with Crippen LogP contribution in [0.3, 0.4) is 0 Å². The highest BCUT2D eigenvalue weighted by atomic mass is 32.2. The van der Waals surface area contributed by atoms with Crippen molar-refractivity contribution in [3.8, 4) is 5.75 Å². The summed E-state index contributed by atoms with van der Waals surface area (Å²) in [7, 11) is -2.44. The fourth-order valence-electron chi connectivity index (χ4n) is 3.95. The Morgan fingerprint density at radius 2 is 1.80 bits per heavy atom. The molecular weight excluding hydrogens is 555 g/mol. The lowest BCUT2D eigenvalue weighted by Crippen LogP contribution is -2.41. The van der Waals surface area contributed by atoms with E-state index >= 15 is 0 Å². The number of likely N-dealkylation sites (N-methyl/N-ethyl adjacent to an activating group) is 1. The van der Waals surface area contributed by atoms with Crippen molar-refractivity contribution < 1.29 is 45.4 Å². The van der Waals surface area contributed by atoms with Gasteiger partial charge in [0.25, 0.3) is 5.91 Å². The van der Waals surface area contributed by atoms with E-state index < -0.39 is 40.1 Å². The number of nitrogens with zero attached hydrogens (tertiary/aromatic N) is 2. The minimum atomic E-state index is -4.65. The molecule has 1 fully saturated rings. The molecule has 1 N–H and O–H groups in total. The SMILES string of the molecule is CCN(CC(=O)Nc1cc(C(F)(F)F)ccc1OCCOC)C(=O)c1cc(S(=O)(=O)N2CCOCC2)ccc1C. The number of anilines is 1. The van der Waals surface area contributed by atoms with Gasteiger partial charge in [-0.1, -0.05) is 6.07 Å². The number of hydrogen-bond donors (Lipinski definition) is 1. The van der Waals surface area contributed by atoms with Gasteiger partial charge in [0.15, 0.2) is 0 Å². The number of ether oxygens (including phenoxy) is 3. The van der Waals surface area contributed by atoms with Crippen LogP contribution in [0.25, 0.3) is 0 Å². The fourth-order valence-corrected chi connectivity index (χ4v) is 5.39. The molecule has 2 aromatic rings. The molecule has 1 heterocycles. The second kappa shape index (κ2) is 13.4. The smallest absolute Gasteiger partial charge is 0.416 e. The number of carbonyl (C=O) groups excluding carboxylic acids is 2. The van der Waals surface area contributed by atoms with Crippen LogP contribution < -0.4 is 10.1 Å². The average molecular weight is 588 g/mol. The van der Waals surface area contributed by atoms with Crippen LogP contribution in [-0.2, 0) is 30.5 Å². The summed E-state index contributed by atoms with van der Waals surface area (Å²) in [5.74, 6) is -1.36. The van der Waals surface area contributed by atoms with Crippen molar-refractivity contribution in [1.29, 1.82) is 0 Å². The first kappa shape index (κ1) is 31.3. The van der Waals surface area contributed by atoms with Crippen LogP contribution in [0.15, 0.2) is 41.3 Å². The van der Waals surface area contributed by atoms with E-state index in [1.54, 1.807) is 13.8 Å². The molecule has 0 atom stereocenters. The molecule has 1 aliphatic heterocycles. The third-order valence-corrected chi connectivity index (χ3v) is 8.07. The number of amides is 2. The molecule has 220 valence electrons. The predicted octanol–water partition coefficient (Wildman–Crippen LogP) is 3.16. The second-order valence-electron chi connectivity index (χ2n) is 8.91. The molecule has 1 aliphatic rings. The van der Waals surface area contributed by atoms with Gasteiger partial charge < -0.3 is 24.4 Å². The Balaban J connectivity index is 1.81. The summed E-state index contributed by atoms with van der Waals surface area (Å²) in [5, 5.41) is 2.40. The topological polar surface area (TPSA) is 114 Å². The van der Waals surface area contributed by atoms with Crippen LogP contribution in [0, 0.1) is 6.92 Å².